The molecule has 4 aromatic rings. The first kappa shape index (κ1) is 23.3. The zero-order valence-electron chi connectivity index (χ0n) is 17.8. The topological polar surface area (TPSA) is 59.8 Å². The maximum atomic E-state index is 13.3. The summed E-state index contributed by atoms with van der Waals surface area (Å²) >= 11 is 13.7. The highest BCUT2D eigenvalue weighted by Gasteiger charge is 2.20. The summed E-state index contributed by atoms with van der Waals surface area (Å²) in [4.78, 5) is 12.6. The molecule has 0 radical (unpaired) electrons. The molecule has 3 aromatic carbocycles. The molecule has 1 amide bonds. The van der Waals surface area contributed by atoms with Gasteiger partial charge >= 0.3 is 0 Å². The summed E-state index contributed by atoms with van der Waals surface area (Å²) < 4.78 is 15.2. The fourth-order valence-electron chi connectivity index (χ4n) is 3.27. The van der Waals surface area contributed by atoms with Crippen molar-refractivity contribution in [3.05, 3.63) is 87.7 Å². The monoisotopic (exact) mass is 500 g/mol. The fraction of sp³-hybridized carbons (Fsp3) is 0.125. The molecule has 0 aliphatic heterocycles. The zero-order valence-corrected chi connectivity index (χ0v) is 20.1. The Hall–Kier alpha value is -2.87. The molecule has 1 heterocycles. The number of carbonyl (C=O) groups excluding carboxylic acids is 1. The first-order chi connectivity index (χ1) is 15.8. The molecule has 0 atom stereocenters. The van der Waals surface area contributed by atoms with E-state index in [2.05, 4.69) is 15.5 Å². The van der Waals surface area contributed by atoms with Crippen LogP contribution < -0.4 is 5.32 Å². The first-order valence-electron chi connectivity index (χ1n) is 9.99. The van der Waals surface area contributed by atoms with Gasteiger partial charge in [-0.1, -0.05) is 59.2 Å². The molecule has 1 N–H and O–H groups in total. The fourth-order valence-corrected chi connectivity index (χ4v) is 4.44. The Balaban J connectivity index is 1.66. The van der Waals surface area contributed by atoms with Crippen LogP contribution in [0.3, 0.4) is 0 Å². The van der Waals surface area contributed by atoms with Crippen LogP contribution in [0.15, 0.2) is 65.8 Å². The lowest BCUT2D eigenvalue weighted by Crippen LogP contribution is -2.15. The van der Waals surface area contributed by atoms with Gasteiger partial charge in [-0.05, 0) is 61.4 Å². The maximum Gasteiger partial charge on any atom is 0.234 e. The van der Waals surface area contributed by atoms with E-state index in [4.69, 9.17) is 23.2 Å². The van der Waals surface area contributed by atoms with Gasteiger partial charge in [0, 0.05) is 5.56 Å². The lowest BCUT2D eigenvalue weighted by atomic mass is 10.1. The Bertz CT molecular complexity index is 1340. The second-order valence-electron chi connectivity index (χ2n) is 7.37. The highest BCUT2D eigenvalue weighted by atomic mass is 35.5. The Kier molecular flexibility index (Phi) is 7.02. The van der Waals surface area contributed by atoms with E-state index in [1.54, 1.807) is 6.07 Å². The molecule has 0 bridgehead atoms. The summed E-state index contributed by atoms with van der Waals surface area (Å²) in [6.07, 6.45) is 0. The summed E-state index contributed by atoms with van der Waals surface area (Å²) in [5, 5.41) is 12.7. The van der Waals surface area contributed by atoms with E-state index in [1.165, 1.54) is 23.9 Å². The molecule has 9 heteroatoms. The van der Waals surface area contributed by atoms with Crippen molar-refractivity contribution in [3.8, 4) is 17.1 Å². The third-order valence-electron chi connectivity index (χ3n) is 4.89. The van der Waals surface area contributed by atoms with Gasteiger partial charge in [-0.2, -0.15) is 0 Å². The third-order valence-corrected chi connectivity index (χ3v) is 6.46. The molecular formula is C24H19Cl2FN4OS. The second kappa shape index (κ2) is 9.95. The highest BCUT2D eigenvalue weighted by Crippen LogP contribution is 2.33. The van der Waals surface area contributed by atoms with Crippen LogP contribution in [0, 0.1) is 19.7 Å². The minimum absolute atomic E-state index is 0.0548. The van der Waals surface area contributed by atoms with Crippen molar-refractivity contribution < 1.29 is 9.18 Å². The Morgan fingerprint density at radius 3 is 2.58 bits per heavy atom. The molecule has 0 fully saturated rings. The molecule has 1 aromatic heterocycles. The van der Waals surface area contributed by atoms with E-state index < -0.39 is 5.82 Å². The second-order valence-corrected chi connectivity index (χ2v) is 9.13. The number of nitrogens with one attached hydrogen (secondary N) is 1. The quantitative estimate of drug-likeness (QED) is 0.298. The predicted octanol–water partition coefficient (Wildman–Crippen LogP) is 6.73. The number of aryl methyl sites for hydroxylation is 2. The number of nitrogens with zero attached hydrogens (tertiary/aromatic N) is 3. The number of hydrogen-bond donors (Lipinski definition) is 1. The van der Waals surface area contributed by atoms with Gasteiger partial charge in [-0.3, -0.25) is 9.36 Å². The molecule has 0 unspecified atom stereocenters. The number of anilines is 1. The molecular weight excluding hydrogens is 482 g/mol. The van der Waals surface area contributed by atoms with E-state index in [-0.39, 0.29) is 16.7 Å². The smallest absolute Gasteiger partial charge is 0.234 e. The van der Waals surface area contributed by atoms with Gasteiger partial charge in [0.05, 0.1) is 27.2 Å². The highest BCUT2D eigenvalue weighted by molar-refractivity contribution is 7.99. The van der Waals surface area contributed by atoms with Gasteiger partial charge in [0.1, 0.15) is 5.82 Å². The van der Waals surface area contributed by atoms with Crippen LogP contribution >= 0.6 is 35.0 Å². The SMILES string of the molecule is Cc1ccc(C)c(-n2c(SCC(=O)Nc3ccc(F)cc3Cl)nnc2-c2ccccc2Cl)c1. The number of carbonyl (C=O) groups is 1. The van der Waals surface area contributed by atoms with Crippen molar-refractivity contribution in [1.82, 2.24) is 14.8 Å². The van der Waals surface area contributed by atoms with Crippen molar-refractivity contribution in [1.29, 1.82) is 0 Å². The van der Waals surface area contributed by atoms with Gasteiger partial charge in [-0.15, -0.1) is 10.2 Å². The Labute approximate surface area is 204 Å². The molecule has 168 valence electrons. The number of aromatic nitrogens is 3. The summed E-state index contributed by atoms with van der Waals surface area (Å²) in [7, 11) is 0. The molecule has 0 spiro atoms. The van der Waals surface area contributed by atoms with Crippen molar-refractivity contribution in [2.24, 2.45) is 0 Å². The predicted molar refractivity (Wildman–Crippen MR) is 132 cm³/mol. The van der Waals surface area contributed by atoms with Crippen LogP contribution in [-0.4, -0.2) is 26.4 Å². The van der Waals surface area contributed by atoms with Crippen LogP contribution in [-0.2, 0) is 4.79 Å². The van der Waals surface area contributed by atoms with Gasteiger partial charge in [-0.25, -0.2) is 4.39 Å². The summed E-state index contributed by atoms with van der Waals surface area (Å²) in [5.41, 5.74) is 4.09. The van der Waals surface area contributed by atoms with Gasteiger partial charge in [0.15, 0.2) is 11.0 Å². The maximum absolute atomic E-state index is 13.3. The molecule has 0 aliphatic carbocycles. The number of rotatable bonds is 6. The molecule has 4 rings (SSSR count). The average Bonchev–Trinajstić information content (AvgIpc) is 3.19. The lowest BCUT2D eigenvalue weighted by Gasteiger charge is -2.14. The Morgan fingerprint density at radius 2 is 1.82 bits per heavy atom. The van der Waals surface area contributed by atoms with Crippen molar-refractivity contribution in [3.63, 3.8) is 0 Å². The molecule has 0 aliphatic rings. The summed E-state index contributed by atoms with van der Waals surface area (Å²) in [5.74, 6) is -0.137. The number of halogens is 3. The summed E-state index contributed by atoms with van der Waals surface area (Å²) in [6, 6.07) is 17.3. The van der Waals surface area contributed by atoms with Crippen LogP contribution in [0.25, 0.3) is 17.1 Å². The van der Waals surface area contributed by atoms with Crippen molar-refractivity contribution >= 4 is 46.6 Å². The van der Waals surface area contributed by atoms with E-state index in [0.717, 1.165) is 28.4 Å². The van der Waals surface area contributed by atoms with E-state index in [0.29, 0.717) is 21.7 Å². The standard InChI is InChI=1S/C24H19Cl2FN4OS/c1-14-7-8-15(2)21(11-14)31-23(17-5-3-4-6-18(17)25)29-30-24(31)33-13-22(32)28-20-10-9-16(27)12-19(20)26/h3-12H,13H2,1-2H3,(H,28,32). The normalized spacial score (nSPS) is 10.9. The summed E-state index contributed by atoms with van der Waals surface area (Å²) in [6.45, 7) is 4.01. The first-order valence-corrected chi connectivity index (χ1v) is 11.7. The van der Waals surface area contributed by atoms with Crippen molar-refractivity contribution in [2.75, 3.05) is 11.1 Å². The van der Waals surface area contributed by atoms with Crippen LogP contribution in [0.4, 0.5) is 10.1 Å². The average molecular weight is 501 g/mol. The molecule has 5 nitrogen and oxygen atoms in total. The minimum Gasteiger partial charge on any atom is -0.324 e. The molecule has 33 heavy (non-hydrogen) atoms. The van der Waals surface area contributed by atoms with Gasteiger partial charge in [0.25, 0.3) is 0 Å². The van der Waals surface area contributed by atoms with E-state index in [1.807, 2.05) is 54.8 Å². The zero-order chi connectivity index (χ0) is 23.5. The van der Waals surface area contributed by atoms with Gasteiger partial charge in [0.2, 0.25) is 5.91 Å². The number of thioether (sulfide) groups is 1. The van der Waals surface area contributed by atoms with E-state index in [9.17, 15) is 9.18 Å². The Morgan fingerprint density at radius 1 is 1.03 bits per heavy atom. The third kappa shape index (κ3) is 5.21. The van der Waals surface area contributed by atoms with E-state index >= 15 is 0 Å². The lowest BCUT2D eigenvalue weighted by molar-refractivity contribution is -0.113. The van der Waals surface area contributed by atoms with Crippen LogP contribution in [0.5, 0.6) is 0 Å². The number of benzene rings is 3. The number of amides is 1. The molecule has 0 saturated carbocycles. The largest absolute Gasteiger partial charge is 0.324 e. The van der Waals surface area contributed by atoms with Crippen LogP contribution in [0.1, 0.15) is 11.1 Å². The minimum atomic E-state index is -0.471. The number of hydrogen-bond acceptors (Lipinski definition) is 4. The van der Waals surface area contributed by atoms with Gasteiger partial charge < -0.3 is 5.32 Å². The van der Waals surface area contributed by atoms with Crippen molar-refractivity contribution in [2.45, 2.75) is 19.0 Å². The van der Waals surface area contributed by atoms with Crippen LogP contribution in [0.2, 0.25) is 10.0 Å². The molecule has 0 saturated heterocycles.